The van der Waals surface area contributed by atoms with Gasteiger partial charge < -0.3 is 5.32 Å². The summed E-state index contributed by atoms with van der Waals surface area (Å²) in [6, 6.07) is 13.3. The Labute approximate surface area is 108 Å². The van der Waals surface area contributed by atoms with Crippen LogP contribution in [0, 0.1) is 6.92 Å². The van der Waals surface area contributed by atoms with Crippen molar-refractivity contribution in [2.45, 2.75) is 26.3 Å². The minimum Gasteiger partial charge on any atom is -0.306 e. The largest absolute Gasteiger partial charge is 0.306 e. The topological polar surface area (TPSA) is 12.0 Å². The highest BCUT2D eigenvalue weighted by Crippen LogP contribution is 2.27. The summed E-state index contributed by atoms with van der Waals surface area (Å²) in [6.45, 7) is 5.45. The first kappa shape index (κ1) is 12.3. The molecule has 0 spiro atoms. The van der Waals surface area contributed by atoms with Gasteiger partial charge in [0.25, 0.3) is 0 Å². The van der Waals surface area contributed by atoms with Gasteiger partial charge in [0.1, 0.15) is 0 Å². The van der Waals surface area contributed by atoms with Gasteiger partial charge in [-0.1, -0.05) is 37.3 Å². The van der Waals surface area contributed by atoms with Crippen molar-refractivity contribution in [3.63, 3.8) is 0 Å². The molecule has 0 aliphatic carbocycles. The van der Waals surface area contributed by atoms with Gasteiger partial charge in [0.05, 0.1) is 6.04 Å². The summed E-state index contributed by atoms with van der Waals surface area (Å²) in [5.74, 6) is 0. The van der Waals surface area contributed by atoms with Crippen molar-refractivity contribution in [1.29, 1.82) is 0 Å². The van der Waals surface area contributed by atoms with Gasteiger partial charge in [-0.2, -0.15) is 0 Å². The second kappa shape index (κ2) is 5.99. The predicted octanol–water partition coefficient (Wildman–Crippen LogP) is 4.15. The maximum atomic E-state index is 3.64. The lowest BCUT2D eigenvalue weighted by Crippen LogP contribution is -2.23. The van der Waals surface area contributed by atoms with E-state index in [0.29, 0.717) is 6.04 Å². The highest BCUT2D eigenvalue weighted by Gasteiger charge is 2.15. The molecule has 90 valence electrons. The lowest BCUT2D eigenvalue weighted by Gasteiger charge is -2.19. The molecular formula is C15H19NS. The summed E-state index contributed by atoms with van der Waals surface area (Å²) >= 11 is 1.82. The van der Waals surface area contributed by atoms with Crippen molar-refractivity contribution in [2.24, 2.45) is 0 Å². The van der Waals surface area contributed by atoms with Crippen LogP contribution in [-0.4, -0.2) is 6.54 Å². The molecule has 17 heavy (non-hydrogen) atoms. The average molecular weight is 245 g/mol. The second-order valence-electron chi connectivity index (χ2n) is 4.23. The zero-order valence-corrected chi connectivity index (χ0v) is 11.3. The van der Waals surface area contributed by atoms with E-state index < -0.39 is 0 Å². The van der Waals surface area contributed by atoms with Crippen molar-refractivity contribution < 1.29 is 0 Å². The predicted molar refractivity (Wildman–Crippen MR) is 75.6 cm³/mol. The van der Waals surface area contributed by atoms with E-state index in [4.69, 9.17) is 0 Å². The maximum Gasteiger partial charge on any atom is 0.0587 e. The average Bonchev–Trinajstić information content (AvgIpc) is 2.78. The van der Waals surface area contributed by atoms with Crippen LogP contribution in [0.3, 0.4) is 0 Å². The molecule has 2 heteroatoms. The van der Waals surface area contributed by atoms with E-state index in [2.05, 4.69) is 60.9 Å². The maximum absolute atomic E-state index is 3.64. The lowest BCUT2D eigenvalue weighted by molar-refractivity contribution is 0.598. The van der Waals surface area contributed by atoms with Gasteiger partial charge in [-0.25, -0.2) is 0 Å². The molecule has 1 unspecified atom stereocenters. The van der Waals surface area contributed by atoms with E-state index in [0.717, 1.165) is 13.0 Å². The fraction of sp³-hybridized carbons (Fsp3) is 0.333. The Balaban J connectivity index is 2.29. The third-order valence-electron chi connectivity index (χ3n) is 2.94. The normalized spacial score (nSPS) is 12.6. The summed E-state index contributed by atoms with van der Waals surface area (Å²) < 4.78 is 0. The molecule has 1 aromatic carbocycles. The number of nitrogens with one attached hydrogen (secondary N) is 1. The summed E-state index contributed by atoms with van der Waals surface area (Å²) in [5.41, 5.74) is 2.76. The van der Waals surface area contributed by atoms with E-state index in [1.54, 1.807) is 0 Å². The monoisotopic (exact) mass is 245 g/mol. The molecule has 0 fully saturated rings. The number of rotatable bonds is 5. The molecule has 2 aromatic rings. The number of aryl methyl sites for hydroxylation is 1. The van der Waals surface area contributed by atoms with Crippen molar-refractivity contribution >= 4 is 11.3 Å². The van der Waals surface area contributed by atoms with E-state index >= 15 is 0 Å². The zero-order chi connectivity index (χ0) is 12.1. The van der Waals surface area contributed by atoms with Crippen molar-refractivity contribution in [1.82, 2.24) is 5.32 Å². The molecule has 0 saturated heterocycles. The van der Waals surface area contributed by atoms with Crippen molar-refractivity contribution in [3.8, 4) is 0 Å². The van der Waals surface area contributed by atoms with Gasteiger partial charge in [-0.15, -0.1) is 11.3 Å². The molecule has 1 nitrogen and oxygen atoms in total. The standard InChI is InChI=1S/C15H19NS/c1-3-10-16-15(13-7-5-4-6-8-13)14-9-11-17-12(14)2/h4-9,11,15-16H,3,10H2,1-2H3. The quantitative estimate of drug-likeness (QED) is 0.834. The van der Waals surface area contributed by atoms with Gasteiger partial charge in [0.2, 0.25) is 0 Å². The highest BCUT2D eigenvalue weighted by atomic mass is 32.1. The highest BCUT2D eigenvalue weighted by molar-refractivity contribution is 7.10. The molecule has 1 atom stereocenters. The first-order valence-electron chi connectivity index (χ1n) is 6.15. The second-order valence-corrected chi connectivity index (χ2v) is 5.35. The lowest BCUT2D eigenvalue weighted by atomic mass is 9.99. The van der Waals surface area contributed by atoms with Crippen molar-refractivity contribution in [3.05, 3.63) is 57.8 Å². The molecule has 0 bridgehead atoms. The van der Waals surface area contributed by atoms with Crippen LogP contribution in [-0.2, 0) is 0 Å². The van der Waals surface area contributed by atoms with Gasteiger partial charge in [-0.05, 0) is 42.5 Å². The SMILES string of the molecule is CCCNC(c1ccccc1)c1ccsc1C. The van der Waals surface area contributed by atoms with Crippen molar-refractivity contribution in [2.75, 3.05) is 6.54 Å². The van der Waals surface area contributed by atoms with Crippen LogP contribution < -0.4 is 5.32 Å². The third kappa shape index (κ3) is 2.96. The minimum absolute atomic E-state index is 0.336. The van der Waals surface area contributed by atoms with Crippen LogP contribution >= 0.6 is 11.3 Å². The third-order valence-corrected chi connectivity index (χ3v) is 3.80. The Kier molecular flexibility index (Phi) is 4.35. The molecule has 0 amide bonds. The molecule has 0 aliphatic heterocycles. The minimum atomic E-state index is 0.336. The molecule has 0 aliphatic rings. The van der Waals surface area contributed by atoms with Crippen LogP contribution in [0.5, 0.6) is 0 Å². The Bertz CT molecular complexity index is 447. The molecule has 2 rings (SSSR count). The molecule has 1 N–H and O–H groups in total. The smallest absolute Gasteiger partial charge is 0.0587 e. The van der Waals surface area contributed by atoms with E-state index in [9.17, 15) is 0 Å². The summed E-state index contributed by atoms with van der Waals surface area (Å²) in [5, 5.41) is 5.81. The molecule has 1 heterocycles. The Hall–Kier alpha value is -1.12. The summed E-state index contributed by atoms with van der Waals surface area (Å²) in [6.07, 6.45) is 1.16. The Morgan fingerprint density at radius 3 is 2.53 bits per heavy atom. The zero-order valence-electron chi connectivity index (χ0n) is 10.4. The number of benzene rings is 1. The number of hydrogen-bond donors (Lipinski definition) is 1. The van der Waals surface area contributed by atoms with Gasteiger partial charge >= 0.3 is 0 Å². The van der Waals surface area contributed by atoms with Crippen LogP contribution in [0.4, 0.5) is 0 Å². The first-order chi connectivity index (χ1) is 8.33. The van der Waals surface area contributed by atoms with Gasteiger partial charge in [-0.3, -0.25) is 0 Å². The van der Waals surface area contributed by atoms with E-state index in [-0.39, 0.29) is 0 Å². The Morgan fingerprint density at radius 2 is 1.94 bits per heavy atom. The number of thiophene rings is 1. The summed E-state index contributed by atoms with van der Waals surface area (Å²) in [4.78, 5) is 1.41. The van der Waals surface area contributed by atoms with Crippen LogP contribution in [0.1, 0.15) is 35.4 Å². The molecular weight excluding hydrogens is 226 g/mol. The van der Waals surface area contributed by atoms with E-state index in [1.165, 1.54) is 16.0 Å². The Morgan fingerprint density at radius 1 is 1.18 bits per heavy atom. The molecule has 0 radical (unpaired) electrons. The molecule has 1 aromatic heterocycles. The summed E-state index contributed by atoms with van der Waals surface area (Å²) in [7, 11) is 0. The fourth-order valence-corrected chi connectivity index (χ4v) is 2.78. The van der Waals surface area contributed by atoms with Gasteiger partial charge in [0.15, 0.2) is 0 Å². The van der Waals surface area contributed by atoms with Crippen LogP contribution in [0.25, 0.3) is 0 Å². The molecule has 0 saturated carbocycles. The fourth-order valence-electron chi connectivity index (χ4n) is 2.04. The van der Waals surface area contributed by atoms with E-state index in [1.807, 2.05) is 11.3 Å². The van der Waals surface area contributed by atoms with Gasteiger partial charge in [0, 0.05) is 4.88 Å². The first-order valence-corrected chi connectivity index (χ1v) is 7.03. The van der Waals surface area contributed by atoms with Crippen LogP contribution in [0.15, 0.2) is 41.8 Å². The van der Waals surface area contributed by atoms with Crippen LogP contribution in [0.2, 0.25) is 0 Å². The number of hydrogen-bond acceptors (Lipinski definition) is 2.